The maximum atomic E-state index is 5.28. The van der Waals surface area contributed by atoms with Crippen molar-refractivity contribution in [2.45, 2.75) is 39.2 Å². The molecule has 4 nitrogen and oxygen atoms in total. The summed E-state index contributed by atoms with van der Waals surface area (Å²) in [4.78, 5) is 9.62. The second-order valence-corrected chi connectivity index (χ2v) is 2.47. The summed E-state index contributed by atoms with van der Waals surface area (Å²) in [5.74, 6) is 4.87. The van der Waals surface area contributed by atoms with Crippen molar-refractivity contribution >= 4 is 0 Å². The van der Waals surface area contributed by atoms with Gasteiger partial charge in [0.25, 0.3) is 0 Å². The molecule has 0 aliphatic rings. The fourth-order valence-corrected chi connectivity index (χ4v) is 0.888. The van der Waals surface area contributed by atoms with E-state index in [9.17, 15) is 0 Å². The Labute approximate surface area is 68.1 Å². The Balaban J connectivity index is 3.49. The van der Waals surface area contributed by atoms with Gasteiger partial charge in [0.2, 0.25) is 0 Å². The molecule has 1 unspecified atom stereocenters. The zero-order valence-electron chi connectivity index (χ0n) is 7.54. The largest absolute Gasteiger partial charge is 0.270 e. The van der Waals surface area contributed by atoms with E-state index in [0.29, 0.717) is 0 Å². The average Bonchev–Trinajstić information content (AvgIpc) is 2.03. The SMILES string of the molecule is CCCC(CC)ON(C)ON. The van der Waals surface area contributed by atoms with Crippen LogP contribution in [0.25, 0.3) is 0 Å². The molecule has 11 heavy (non-hydrogen) atoms. The summed E-state index contributed by atoms with van der Waals surface area (Å²) in [6.45, 7) is 4.19. The van der Waals surface area contributed by atoms with E-state index in [2.05, 4.69) is 18.8 Å². The van der Waals surface area contributed by atoms with Crippen LogP contribution in [0.5, 0.6) is 0 Å². The molecule has 0 aliphatic heterocycles. The second kappa shape index (κ2) is 6.54. The van der Waals surface area contributed by atoms with Crippen LogP contribution in [0.15, 0.2) is 0 Å². The van der Waals surface area contributed by atoms with Crippen molar-refractivity contribution in [3.63, 3.8) is 0 Å². The van der Waals surface area contributed by atoms with Crippen LogP contribution in [0.3, 0.4) is 0 Å². The Morgan fingerprint density at radius 1 is 1.45 bits per heavy atom. The van der Waals surface area contributed by atoms with E-state index in [1.165, 1.54) is 5.23 Å². The minimum Gasteiger partial charge on any atom is -0.270 e. The predicted molar refractivity (Wildman–Crippen MR) is 43.1 cm³/mol. The lowest BCUT2D eigenvalue weighted by Crippen LogP contribution is -2.28. The first kappa shape index (κ1) is 10.8. The summed E-state index contributed by atoms with van der Waals surface area (Å²) in [7, 11) is 1.64. The van der Waals surface area contributed by atoms with Crippen LogP contribution in [-0.2, 0) is 9.78 Å². The van der Waals surface area contributed by atoms with Crippen LogP contribution < -0.4 is 5.90 Å². The molecule has 0 aliphatic carbocycles. The van der Waals surface area contributed by atoms with Crippen LogP contribution in [0, 0.1) is 0 Å². The lowest BCUT2D eigenvalue weighted by molar-refractivity contribution is -0.375. The highest BCUT2D eigenvalue weighted by molar-refractivity contribution is 4.51. The summed E-state index contributed by atoms with van der Waals surface area (Å²) in [5, 5.41) is 1.18. The third kappa shape index (κ3) is 5.15. The Morgan fingerprint density at radius 3 is 2.45 bits per heavy atom. The van der Waals surface area contributed by atoms with Crippen molar-refractivity contribution in [3.8, 4) is 0 Å². The van der Waals surface area contributed by atoms with Crippen molar-refractivity contribution < 1.29 is 9.78 Å². The Morgan fingerprint density at radius 2 is 2.09 bits per heavy atom. The number of hydroxylamine groups is 2. The van der Waals surface area contributed by atoms with Gasteiger partial charge in [0.05, 0.1) is 6.10 Å². The van der Waals surface area contributed by atoms with Gasteiger partial charge >= 0.3 is 0 Å². The second-order valence-electron chi connectivity index (χ2n) is 2.47. The molecule has 0 heterocycles. The first-order valence-electron chi connectivity index (χ1n) is 4.01. The van der Waals surface area contributed by atoms with E-state index in [1.807, 2.05) is 0 Å². The predicted octanol–water partition coefficient (Wildman–Crippen LogP) is 1.23. The highest BCUT2D eigenvalue weighted by Crippen LogP contribution is 2.07. The van der Waals surface area contributed by atoms with Crippen molar-refractivity contribution in [1.82, 2.24) is 5.23 Å². The average molecular weight is 162 g/mol. The molecule has 0 radical (unpaired) electrons. The highest BCUT2D eigenvalue weighted by atomic mass is 17.0. The molecule has 0 spiro atoms. The summed E-state index contributed by atoms with van der Waals surface area (Å²) >= 11 is 0. The molecule has 0 rings (SSSR count). The molecule has 68 valence electrons. The van der Waals surface area contributed by atoms with Gasteiger partial charge in [-0.05, 0) is 18.1 Å². The van der Waals surface area contributed by atoms with Crippen LogP contribution in [-0.4, -0.2) is 18.4 Å². The molecule has 2 N–H and O–H groups in total. The molecule has 0 aromatic rings. The summed E-state index contributed by atoms with van der Waals surface area (Å²) < 4.78 is 0. The van der Waals surface area contributed by atoms with Crippen molar-refractivity contribution in [2.24, 2.45) is 5.90 Å². The molecule has 0 aromatic carbocycles. The van der Waals surface area contributed by atoms with Crippen molar-refractivity contribution in [2.75, 3.05) is 7.05 Å². The molecular formula is C7H18N2O2. The van der Waals surface area contributed by atoms with Crippen molar-refractivity contribution in [3.05, 3.63) is 0 Å². The zero-order chi connectivity index (χ0) is 8.69. The first-order chi connectivity index (χ1) is 5.24. The maximum absolute atomic E-state index is 5.28. The van der Waals surface area contributed by atoms with E-state index >= 15 is 0 Å². The molecule has 0 fully saturated rings. The topological polar surface area (TPSA) is 47.7 Å². The molecule has 0 aromatic heterocycles. The summed E-state index contributed by atoms with van der Waals surface area (Å²) in [6, 6.07) is 0. The fraction of sp³-hybridized carbons (Fsp3) is 1.00. The van der Waals surface area contributed by atoms with E-state index in [0.717, 1.165) is 19.3 Å². The molecule has 0 bridgehead atoms. The lowest BCUT2D eigenvalue weighted by Gasteiger charge is -2.19. The number of hydrogen-bond donors (Lipinski definition) is 1. The van der Waals surface area contributed by atoms with Crippen LogP contribution >= 0.6 is 0 Å². The molecule has 0 saturated carbocycles. The van der Waals surface area contributed by atoms with Gasteiger partial charge in [-0.2, -0.15) is 10.8 Å². The van der Waals surface area contributed by atoms with Gasteiger partial charge in [-0.15, -0.1) is 0 Å². The fourth-order valence-electron chi connectivity index (χ4n) is 0.888. The standard InChI is InChI=1S/C7H18N2O2/c1-4-6-7(5-2)10-9(3)11-8/h7H,4-6,8H2,1-3H3. The number of rotatable bonds is 6. The number of nitrogens with zero attached hydrogens (tertiary/aromatic N) is 1. The molecular weight excluding hydrogens is 144 g/mol. The minimum absolute atomic E-state index is 0.216. The van der Waals surface area contributed by atoms with Gasteiger partial charge in [0, 0.05) is 7.05 Å². The first-order valence-corrected chi connectivity index (χ1v) is 4.01. The lowest BCUT2D eigenvalue weighted by atomic mass is 10.2. The van der Waals surface area contributed by atoms with Crippen molar-refractivity contribution in [1.29, 1.82) is 0 Å². The van der Waals surface area contributed by atoms with E-state index < -0.39 is 0 Å². The van der Waals surface area contributed by atoms with Gasteiger partial charge in [0.1, 0.15) is 0 Å². The summed E-state index contributed by atoms with van der Waals surface area (Å²) in [6.07, 6.45) is 3.33. The highest BCUT2D eigenvalue weighted by Gasteiger charge is 2.08. The number of hydrogen-bond acceptors (Lipinski definition) is 4. The van der Waals surface area contributed by atoms with Gasteiger partial charge in [-0.1, -0.05) is 20.3 Å². The Bertz CT molecular complexity index is 90.5. The van der Waals surface area contributed by atoms with Gasteiger partial charge in [0.15, 0.2) is 0 Å². The smallest absolute Gasteiger partial charge is 0.0817 e. The molecule has 0 amide bonds. The van der Waals surface area contributed by atoms with Crippen LogP contribution in [0.4, 0.5) is 0 Å². The maximum Gasteiger partial charge on any atom is 0.0817 e. The zero-order valence-corrected chi connectivity index (χ0v) is 7.54. The van der Waals surface area contributed by atoms with Gasteiger partial charge in [-0.3, -0.25) is 4.84 Å². The van der Waals surface area contributed by atoms with E-state index in [4.69, 9.17) is 10.7 Å². The quantitative estimate of drug-likeness (QED) is 0.597. The van der Waals surface area contributed by atoms with Crippen LogP contribution in [0.1, 0.15) is 33.1 Å². The third-order valence-corrected chi connectivity index (χ3v) is 1.51. The Hall–Kier alpha value is -0.160. The summed E-state index contributed by atoms with van der Waals surface area (Å²) in [5.41, 5.74) is 0. The van der Waals surface area contributed by atoms with E-state index in [1.54, 1.807) is 7.05 Å². The monoisotopic (exact) mass is 162 g/mol. The van der Waals surface area contributed by atoms with E-state index in [-0.39, 0.29) is 6.10 Å². The molecule has 4 heteroatoms. The molecule has 0 saturated heterocycles. The van der Waals surface area contributed by atoms with Gasteiger partial charge in [-0.25, -0.2) is 0 Å². The van der Waals surface area contributed by atoms with Crippen LogP contribution in [0.2, 0.25) is 0 Å². The minimum atomic E-state index is 0.216. The van der Waals surface area contributed by atoms with Gasteiger partial charge < -0.3 is 0 Å². The third-order valence-electron chi connectivity index (χ3n) is 1.51. The normalized spacial score (nSPS) is 13.9. The molecule has 1 atom stereocenters. The number of nitrogens with two attached hydrogens (primary N) is 1. The Kier molecular flexibility index (Phi) is 6.45.